The molecule has 0 aliphatic rings. The maximum atomic E-state index is 9.32. The first kappa shape index (κ1) is 9.49. The fourth-order valence-corrected chi connectivity index (χ4v) is 2.75. The topological polar surface area (TPSA) is 46.2 Å². The first-order chi connectivity index (χ1) is 6.77. The van der Waals surface area contributed by atoms with Gasteiger partial charge in [0.2, 0.25) is 0 Å². The van der Waals surface area contributed by atoms with Crippen molar-refractivity contribution < 1.29 is 5.11 Å². The lowest BCUT2D eigenvalue weighted by atomic mass is 10.0. The number of hydrogen-bond donors (Lipinski definition) is 2. The van der Waals surface area contributed by atoms with Crippen molar-refractivity contribution in [3.05, 3.63) is 28.6 Å². The number of nitrogens with two attached hydrogens (primary N) is 1. The van der Waals surface area contributed by atoms with Crippen LogP contribution in [0.4, 0.5) is 5.69 Å². The Hall–Kier alpha value is -1.06. The van der Waals surface area contributed by atoms with Gasteiger partial charge in [0.15, 0.2) is 0 Å². The number of nitrogen functional groups attached to an aromatic ring is 1. The maximum Gasteiger partial charge on any atom is 0.0698 e. The van der Waals surface area contributed by atoms with Gasteiger partial charge in [0.1, 0.15) is 0 Å². The third-order valence-electron chi connectivity index (χ3n) is 2.51. The van der Waals surface area contributed by atoms with Gasteiger partial charge in [0.05, 0.1) is 6.61 Å². The van der Waals surface area contributed by atoms with Crippen LogP contribution in [0.25, 0.3) is 10.1 Å². The zero-order valence-electron chi connectivity index (χ0n) is 8.08. The standard InChI is InChI=1S/C11H13NOS/c1-2-7-5-10(12)8-3-4-14-11(8)9(7)6-13/h3-5,13H,2,6,12H2,1H3. The maximum absolute atomic E-state index is 9.32. The number of thiophene rings is 1. The molecule has 0 atom stereocenters. The van der Waals surface area contributed by atoms with Crippen LogP contribution in [-0.4, -0.2) is 5.11 Å². The first-order valence-electron chi connectivity index (χ1n) is 4.66. The van der Waals surface area contributed by atoms with Crippen molar-refractivity contribution >= 4 is 27.1 Å². The van der Waals surface area contributed by atoms with Crippen LogP contribution in [0.2, 0.25) is 0 Å². The summed E-state index contributed by atoms with van der Waals surface area (Å²) in [6.45, 7) is 2.17. The molecular formula is C11H13NOS. The fraction of sp³-hybridized carbons (Fsp3) is 0.273. The van der Waals surface area contributed by atoms with Crippen LogP contribution in [0.15, 0.2) is 17.5 Å². The van der Waals surface area contributed by atoms with Crippen molar-refractivity contribution in [2.75, 3.05) is 5.73 Å². The Morgan fingerprint density at radius 3 is 2.93 bits per heavy atom. The minimum Gasteiger partial charge on any atom is -0.398 e. The van der Waals surface area contributed by atoms with Crippen LogP contribution in [0.1, 0.15) is 18.1 Å². The monoisotopic (exact) mass is 207 g/mol. The minimum atomic E-state index is 0.0977. The second kappa shape index (κ2) is 3.59. The van der Waals surface area contributed by atoms with E-state index < -0.39 is 0 Å². The van der Waals surface area contributed by atoms with E-state index in [1.807, 2.05) is 17.5 Å². The number of benzene rings is 1. The third-order valence-corrected chi connectivity index (χ3v) is 3.48. The fourth-order valence-electron chi connectivity index (χ4n) is 1.76. The molecule has 3 N–H and O–H groups in total. The van der Waals surface area contributed by atoms with E-state index in [2.05, 4.69) is 6.92 Å². The molecule has 0 saturated heterocycles. The number of aliphatic hydroxyl groups excluding tert-OH is 1. The highest BCUT2D eigenvalue weighted by Crippen LogP contribution is 2.32. The lowest BCUT2D eigenvalue weighted by Crippen LogP contribution is -1.96. The molecule has 1 aromatic heterocycles. The number of aryl methyl sites for hydroxylation is 1. The Labute approximate surface area is 87.0 Å². The molecule has 0 bridgehead atoms. The van der Waals surface area contributed by atoms with Crippen LogP contribution < -0.4 is 5.73 Å². The molecule has 0 amide bonds. The predicted octanol–water partition coefficient (Wildman–Crippen LogP) is 2.54. The summed E-state index contributed by atoms with van der Waals surface area (Å²) in [5.41, 5.74) is 8.93. The lowest BCUT2D eigenvalue weighted by Gasteiger charge is -2.08. The van der Waals surface area contributed by atoms with E-state index in [0.717, 1.165) is 33.3 Å². The first-order valence-corrected chi connectivity index (χ1v) is 5.54. The van der Waals surface area contributed by atoms with Crippen LogP contribution in [0.5, 0.6) is 0 Å². The Morgan fingerprint density at radius 2 is 2.29 bits per heavy atom. The van der Waals surface area contributed by atoms with E-state index in [1.54, 1.807) is 11.3 Å². The molecule has 1 heterocycles. The van der Waals surface area contributed by atoms with Gasteiger partial charge in [-0.15, -0.1) is 11.3 Å². The smallest absolute Gasteiger partial charge is 0.0698 e. The summed E-state index contributed by atoms with van der Waals surface area (Å²) in [5.74, 6) is 0. The highest BCUT2D eigenvalue weighted by atomic mass is 32.1. The molecule has 1 aromatic carbocycles. The average Bonchev–Trinajstić information content (AvgIpc) is 2.66. The normalized spacial score (nSPS) is 11.0. The van der Waals surface area contributed by atoms with Gasteiger partial charge < -0.3 is 10.8 Å². The van der Waals surface area contributed by atoms with E-state index >= 15 is 0 Å². The van der Waals surface area contributed by atoms with Crippen molar-refractivity contribution in [3.8, 4) is 0 Å². The molecule has 2 aromatic rings. The zero-order chi connectivity index (χ0) is 10.1. The number of anilines is 1. The van der Waals surface area contributed by atoms with Gasteiger partial charge in [-0.3, -0.25) is 0 Å². The van der Waals surface area contributed by atoms with E-state index in [9.17, 15) is 5.11 Å². The van der Waals surface area contributed by atoms with Gasteiger partial charge in [-0.2, -0.15) is 0 Å². The van der Waals surface area contributed by atoms with Gasteiger partial charge >= 0.3 is 0 Å². The Bertz CT molecular complexity index is 462. The summed E-state index contributed by atoms with van der Waals surface area (Å²) >= 11 is 1.64. The second-order valence-corrected chi connectivity index (χ2v) is 4.19. The van der Waals surface area contributed by atoms with Crippen LogP contribution >= 0.6 is 11.3 Å². The van der Waals surface area contributed by atoms with E-state index in [-0.39, 0.29) is 6.61 Å². The van der Waals surface area contributed by atoms with E-state index in [4.69, 9.17) is 5.73 Å². The molecule has 14 heavy (non-hydrogen) atoms. The number of aliphatic hydroxyl groups is 1. The highest BCUT2D eigenvalue weighted by Gasteiger charge is 2.09. The van der Waals surface area contributed by atoms with Crippen LogP contribution in [0, 0.1) is 0 Å². The van der Waals surface area contributed by atoms with Crippen molar-refractivity contribution in [2.45, 2.75) is 20.0 Å². The van der Waals surface area contributed by atoms with Gasteiger partial charge in [0, 0.05) is 15.8 Å². The van der Waals surface area contributed by atoms with Crippen molar-refractivity contribution in [3.63, 3.8) is 0 Å². The molecule has 74 valence electrons. The number of rotatable bonds is 2. The van der Waals surface area contributed by atoms with Crippen molar-refractivity contribution in [2.24, 2.45) is 0 Å². The Morgan fingerprint density at radius 1 is 1.50 bits per heavy atom. The molecular weight excluding hydrogens is 194 g/mol. The van der Waals surface area contributed by atoms with Crippen LogP contribution in [-0.2, 0) is 13.0 Å². The molecule has 0 radical (unpaired) electrons. The summed E-state index contributed by atoms with van der Waals surface area (Å²) in [6.07, 6.45) is 0.911. The molecule has 0 saturated carbocycles. The number of hydrogen-bond acceptors (Lipinski definition) is 3. The zero-order valence-corrected chi connectivity index (χ0v) is 8.90. The second-order valence-electron chi connectivity index (χ2n) is 3.28. The van der Waals surface area contributed by atoms with Gasteiger partial charge in [-0.05, 0) is 35.1 Å². The van der Waals surface area contributed by atoms with Crippen LogP contribution in [0.3, 0.4) is 0 Å². The van der Waals surface area contributed by atoms with Gasteiger partial charge in [-0.25, -0.2) is 0 Å². The summed E-state index contributed by atoms with van der Waals surface area (Å²) in [7, 11) is 0. The highest BCUT2D eigenvalue weighted by molar-refractivity contribution is 7.17. The third kappa shape index (κ3) is 1.29. The molecule has 2 rings (SSSR count). The summed E-state index contributed by atoms with van der Waals surface area (Å²) < 4.78 is 1.13. The molecule has 3 heteroatoms. The Kier molecular flexibility index (Phi) is 2.44. The molecule has 0 spiro atoms. The predicted molar refractivity (Wildman–Crippen MR) is 61.5 cm³/mol. The summed E-state index contributed by atoms with van der Waals surface area (Å²) in [5, 5.41) is 12.4. The van der Waals surface area contributed by atoms with Gasteiger partial charge in [0.25, 0.3) is 0 Å². The SMILES string of the molecule is CCc1cc(N)c2ccsc2c1CO. The lowest BCUT2D eigenvalue weighted by molar-refractivity contribution is 0.282. The van der Waals surface area contributed by atoms with E-state index in [0.29, 0.717) is 0 Å². The molecule has 2 nitrogen and oxygen atoms in total. The average molecular weight is 207 g/mol. The van der Waals surface area contributed by atoms with Crippen molar-refractivity contribution in [1.82, 2.24) is 0 Å². The van der Waals surface area contributed by atoms with Gasteiger partial charge in [-0.1, -0.05) is 6.92 Å². The molecule has 0 aliphatic carbocycles. The quantitative estimate of drug-likeness (QED) is 0.743. The number of fused-ring (bicyclic) bond motifs is 1. The molecule has 0 fully saturated rings. The molecule has 0 aliphatic heterocycles. The molecule has 0 unspecified atom stereocenters. The summed E-state index contributed by atoms with van der Waals surface area (Å²) in [6, 6.07) is 3.98. The van der Waals surface area contributed by atoms with Crippen molar-refractivity contribution in [1.29, 1.82) is 0 Å². The Balaban J connectivity index is 2.82. The largest absolute Gasteiger partial charge is 0.398 e. The summed E-state index contributed by atoms with van der Waals surface area (Å²) in [4.78, 5) is 0. The van der Waals surface area contributed by atoms with E-state index in [1.165, 1.54) is 0 Å². The minimum absolute atomic E-state index is 0.0977.